The van der Waals surface area contributed by atoms with Crippen molar-refractivity contribution in [1.82, 2.24) is 0 Å². The van der Waals surface area contributed by atoms with Crippen LogP contribution in [0.5, 0.6) is 0 Å². The van der Waals surface area contributed by atoms with Crippen LogP contribution in [0.2, 0.25) is 0 Å². The Labute approximate surface area is 75.7 Å². The molecule has 0 fully saturated rings. The number of carbonyl (C=O) groups is 2. The quantitative estimate of drug-likeness (QED) is 0.487. The molecule has 6 nitrogen and oxygen atoms in total. The van der Waals surface area contributed by atoms with Crippen molar-refractivity contribution in [3.63, 3.8) is 0 Å². The van der Waals surface area contributed by atoms with Crippen LogP contribution in [-0.4, -0.2) is 39.2 Å². The van der Waals surface area contributed by atoms with E-state index in [1.807, 2.05) is 0 Å². The molecule has 0 aliphatic carbocycles. The Hall–Kier alpha value is -1.46. The molecule has 0 radical (unpaired) electrons. The van der Waals surface area contributed by atoms with E-state index in [1.54, 1.807) is 6.92 Å². The number of methoxy groups -OCH3 is 1. The average Bonchev–Trinajstić information content (AvgIpc) is 2.12. The minimum atomic E-state index is -0.813. The molecule has 0 aliphatic heterocycles. The molecule has 13 heavy (non-hydrogen) atoms. The van der Waals surface area contributed by atoms with Gasteiger partial charge in [0.05, 0.1) is 13.7 Å². The smallest absolute Gasteiger partial charge is 0.438 e. The topological polar surface area (TPSA) is 71.1 Å². The first-order valence-corrected chi connectivity index (χ1v) is 3.71. The lowest BCUT2D eigenvalue weighted by Gasteiger charge is -2.04. The summed E-state index contributed by atoms with van der Waals surface area (Å²) in [5.41, 5.74) is 0. The van der Waals surface area contributed by atoms with Crippen molar-refractivity contribution in [3.8, 4) is 0 Å². The van der Waals surface area contributed by atoms with Crippen molar-refractivity contribution in [3.05, 3.63) is 0 Å². The van der Waals surface area contributed by atoms with Gasteiger partial charge in [0.25, 0.3) is 0 Å². The second-order valence-electron chi connectivity index (χ2n) is 1.83. The normalized spacial score (nSPS) is 8.77. The highest BCUT2D eigenvalue weighted by Gasteiger charge is 2.03. The molecule has 0 N–H and O–H groups in total. The fourth-order valence-corrected chi connectivity index (χ4v) is 0.468. The molecule has 0 aromatic carbocycles. The van der Waals surface area contributed by atoms with Gasteiger partial charge in [0.1, 0.15) is 13.2 Å². The van der Waals surface area contributed by atoms with Crippen LogP contribution < -0.4 is 0 Å². The number of hydrogen-bond donors (Lipinski definition) is 0. The third-order valence-electron chi connectivity index (χ3n) is 0.952. The van der Waals surface area contributed by atoms with E-state index in [4.69, 9.17) is 0 Å². The van der Waals surface area contributed by atoms with Crippen molar-refractivity contribution in [2.45, 2.75) is 6.92 Å². The molecule has 0 amide bonds. The minimum Gasteiger partial charge on any atom is -0.438 e. The highest BCUT2D eigenvalue weighted by Crippen LogP contribution is 1.87. The predicted octanol–water partition coefficient (Wildman–Crippen LogP) is 0.943. The summed E-state index contributed by atoms with van der Waals surface area (Å²) in [6.45, 7) is 1.81. The Morgan fingerprint density at radius 3 is 2.00 bits per heavy atom. The van der Waals surface area contributed by atoms with E-state index in [1.165, 1.54) is 7.11 Å². The number of carbonyl (C=O) groups excluding carboxylic acids is 2. The predicted molar refractivity (Wildman–Crippen MR) is 41.3 cm³/mol. The zero-order valence-electron chi connectivity index (χ0n) is 7.57. The van der Waals surface area contributed by atoms with Crippen LogP contribution in [0, 0.1) is 0 Å². The van der Waals surface area contributed by atoms with E-state index in [9.17, 15) is 9.59 Å². The second-order valence-corrected chi connectivity index (χ2v) is 1.83. The molecule has 0 aliphatic rings. The fraction of sp³-hybridized carbons (Fsp3) is 0.714. The summed E-state index contributed by atoms with van der Waals surface area (Å²) in [5.74, 6) is 0. The molecular formula is C7H12O6. The van der Waals surface area contributed by atoms with Crippen molar-refractivity contribution >= 4 is 12.3 Å². The Kier molecular flexibility index (Phi) is 6.39. The molecular weight excluding hydrogens is 180 g/mol. The number of hydrogen-bond acceptors (Lipinski definition) is 6. The third kappa shape index (κ3) is 6.92. The zero-order chi connectivity index (χ0) is 10.1. The Morgan fingerprint density at radius 2 is 1.54 bits per heavy atom. The van der Waals surface area contributed by atoms with Gasteiger partial charge in [0, 0.05) is 0 Å². The molecule has 0 spiro atoms. The van der Waals surface area contributed by atoms with E-state index in [0.717, 1.165) is 0 Å². The highest BCUT2D eigenvalue weighted by molar-refractivity contribution is 5.60. The van der Waals surface area contributed by atoms with Crippen LogP contribution in [0.3, 0.4) is 0 Å². The van der Waals surface area contributed by atoms with E-state index in [0.29, 0.717) is 0 Å². The molecule has 0 aromatic rings. The van der Waals surface area contributed by atoms with Gasteiger partial charge in [0.2, 0.25) is 0 Å². The summed E-state index contributed by atoms with van der Waals surface area (Å²) < 4.78 is 17.5. The summed E-state index contributed by atoms with van der Waals surface area (Å²) >= 11 is 0. The van der Waals surface area contributed by atoms with Crippen LogP contribution in [0.1, 0.15) is 6.92 Å². The van der Waals surface area contributed by atoms with Gasteiger partial charge in [-0.2, -0.15) is 0 Å². The Balaban J connectivity index is 3.25. The molecule has 0 rings (SSSR count). The monoisotopic (exact) mass is 192 g/mol. The highest BCUT2D eigenvalue weighted by atomic mass is 16.7. The van der Waals surface area contributed by atoms with Crippen LogP contribution >= 0.6 is 0 Å². The molecule has 6 heteroatoms. The van der Waals surface area contributed by atoms with Gasteiger partial charge in [-0.25, -0.2) is 9.59 Å². The lowest BCUT2D eigenvalue weighted by molar-refractivity contribution is 0.0262. The van der Waals surface area contributed by atoms with E-state index < -0.39 is 12.3 Å². The Bertz CT molecular complexity index is 166. The van der Waals surface area contributed by atoms with Crippen molar-refractivity contribution in [2.24, 2.45) is 0 Å². The van der Waals surface area contributed by atoms with Crippen LogP contribution in [0.4, 0.5) is 9.59 Å². The summed E-state index contributed by atoms with van der Waals surface area (Å²) in [6.07, 6.45) is -1.59. The van der Waals surface area contributed by atoms with Gasteiger partial charge in [0.15, 0.2) is 0 Å². The summed E-state index contributed by atoms with van der Waals surface area (Å²) in [7, 11) is 1.19. The van der Waals surface area contributed by atoms with Gasteiger partial charge >= 0.3 is 12.3 Å². The summed E-state index contributed by atoms with van der Waals surface area (Å²) in [4.78, 5) is 20.9. The molecule has 0 unspecified atom stereocenters. The van der Waals surface area contributed by atoms with Crippen molar-refractivity contribution in [1.29, 1.82) is 0 Å². The van der Waals surface area contributed by atoms with Gasteiger partial charge in [-0.1, -0.05) is 0 Å². The zero-order valence-corrected chi connectivity index (χ0v) is 7.57. The molecule has 0 atom stereocenters. The Morgan fingerprint density at radius 1 is 1.00 bits per heavy atom. The number of ether oxygens (including phenoxy) is 4. The van der Waals surface area contributed by atoms with Gasteiger partial charge < -0.3 is 18.9 Å². The van der Waals surface area contributed by atoms with Gasteiger partial charge in [-0.3, -0.25) is 0 Å². The minimum absolute atomic E-state index is 0.0477. The lowest BCUT2D eigenvalue weighted by atomic mass is 10.8. The third-order valence-corrected chi connectivity index (χ3v) is 0.952. The molecule has 76 valence electrons. The van der Waals surface area contributed by atoms with Gasteiger partial charge in [-0.05, 0) is 6.92 Å². The maximum atomic E-state index is 10.5. The molecule has 0 heterocycles. The second kappa shape index (κ2) is 7.20. The van der Waals surface area contributed by atoms with Crippen LogP contribution in [0.15, 0.2) is 0 Å². The SMILES string of the molecule is CCOC(=O)OCCOC(=O)OC. The van der Waals surface area contributed by atoms with Gasteiger partial charge in [-0.15, -0.1) is 0 Å². The first-order valence-electron chi connectivity index (χ1n) is 3.71. The largest absolute Gasteiger partial charge is 0.508 e. The summed E-state index contributed by atoms with van der Waals surface area (Å²) in [5, 5.41) is 0. The molecule has 0 saturated carbocycles. The maximum Gasteiger partial charge on any atom is 0.508 e. The number of rotatable bonds is 4. The van der Waals surface area contributed by atoms with Crippen LogP contribution in [-0.2, 0) is 18.9 Å². The average molecular weight is 192 g/mol. The first kappa shape index (κ1) is 11.5. The van der Waals surface area contributed by atoms with Crippen molar-refractivity contribution < 1.29 is 28.5 Å². The maximum absolute atomic E-state index is 10.5. The van der Waals surface area contributed by atoms with Crippen molar-refractivity contribution in [2.75, 3.05) is 26.9 Å². The molecule has 0 saturated heterocycles. The van der Waals surface area contributed by atoms with E-state index in [2.05, 4.69) is 18.9 Å². The molecule has 0 bridgehead atoms. The standard InChI is InChI=1S/C7H12O6/c1-3-11-7(9)13-5-4-12-6(8)10-2/h3-5H2,1-2H3. The van der Waals surface area contributed by atoms with Crippen LogP contribution in [0.25, 0.3) is 0 Å². The van der Waals surface area contributed by atoms with E-state index >= 15 is 0 Å². The lowest BCUT2D eigenvalue weighted by Crippen LogP contribution is -2.14. The first-order chi connectivity index (χ1) is 6.20. The van der Waals surface area contributed by atoms with E-state index in [-0.39, 0.29) is 19.8 Å². The fourth-order valence-electron chi connectivity index (χ4n) is 0.468. The summed E-state index contributed by atoms with van der Waals surface area (Å²) in [6, 6.07) is 0. The molecule has 0 aromatic heterocycles.